The van der Waals surface area contributed by atoms with Gasteiger partial charge < -0.3 is 9.47 Å². The number of methoxy groups -OCH3 is 1. The molecule has 1 heterocycles. The standard InChI is InChI=1S/C24H18ClNO4S/c1-29-20-7-4-6-19(14-20)26-23(27)22(31-24(26)28)13-17-5-2-3-8-21(17)30-15-16-9-11-18(25)12-10-16/h2-14H,15H2,1H3/b22-13-. The van der Waals surface area contributed by atoms with E-state index in [1.807, 2.05) is 36.4 Å². The lowest BCUT2D eigenvalue weighted by Crippen LogP contribution is -2.27. The molecule has 0 aliphatic carbocycles. The lowest BCUT2D eigenvalue weighted by molar-refractivity contribution is -0.113. The first-order chi connectivity index (χ1) is 15.0. The zero-order valence-electron chi connectivity index (χ0n) is 16.6. The van der Waals surface area contributed by atoms with E-state index >= 15 is 0 Å². The van der Waals surface area contributed by atoms with E-state index in [4.69, 9.17) is 21.1 Å². The molecule has 7 heteroatoms. The highest BCUT2D eigenvalue weighted by Gasteiger charge is 2.36. The van der Waals surface area contributed by atoms with Crippen molar-refractivity contribution in [2.24, 2.45) is 0 Å². The number of carbonyl (C=O) groups is 2. The average molecular weight is 452 g/mol. The minimum atomic E-state index is -0.379. The maximum Gasteiger partial charge on any atom is 0.298 e. The summed E-state index contributed by atoms with van der Waals surface area (Å²) in [6.45, 7) is 0.354. The minimum Gasteiger partial charge on any atom is -0.497 e. The van der Waals surface area contributed by atoms with Crippen molar-refractivity contribution in [3.63, 3.8) is 0 Å². The normalized spacial score (nSPS) is 14.9. The van der Waals surface area contributed by atoms with Crippen LogP contribution in [-0.4, -0.2) is 18.3 Å². The van der Waals surface area contributed by atoms with Crippen LogP contribution in [0.4, 0.5) is 10.5 Å². The second kappa shape index (κ2) is 9.29. The second-order valence-electron chi connectivity index (χ2n) is 6.67. The predicted octanol–water partition coefficient (Wildman–Crippen LogP) is 6.17. The molecule has 3 aromatic carbocycles. The Kier molecular flexibility index (Phi) is 6.30. The number of anilines is 1. The van der Waals surface area contributed by atoms with E-state index in [2.05, 4.69) is 0 Å². The molecular weight excluding hydrogens is 434 g/mol. The van der Waals surface area contributed by atoms with E-state index < -0.39 is 0 Å². The van der Waals surface area contributed by atoms with E-state index in [1.165, 1.54) is 7.11 Å². The van der Waals surface area contributed by atoms with Gasteiger partial charge in [0, 0.05) is 16.7 Å². The van der Waals surface area contributed by atoms with Crippen LogP contribution in [0.15, 0.2) is 77.7 Å². The van der Waals surface area contributed by atoms with E-state index in [9.17, 15) is 9.59 Å². The molecule has 1 saturated heterocycles. The van der Waals surface area contributed by atoms with Crippen molar-refractivity contribution in [1.82, 2.24) is 0 Å². The molecule has 1 fully saturated rings. The maximum atomic E-state index is 13.0. The Morgan fingerprint density at radius 3 is 2.55 bits per heavy atom. The number of carbonyl (C=O) groups excluding carboxylic acids is 2. The number of ether oxygens (including phenoxy) is 2. The molecular formula is C24H18ClNO4S. The fourth-order valence-electron chi connectivity index (χ4n) is 3.05. The van der Waals surface area contributed by atoms with Gasteiger partial charge in [-0.25, -0.2) is 4.90 Å². The number of halogens is 1. The molecule has 0 aromatic heterocycles. The first-order valence-corrected chi connectivity index (χ1v) is 10.6. The van der Waals surface area contributed by atoms with Gasteiger partial charge in [0.15, 0.2) is 0 Å². The Morgan fingerprint density at radius 2 is 1.77 bits per heavy atom. The number of hydrogen-bond acceptors (Lipinski definition) is 5. The minimum absolute atomic E-state index is 0.329. The SMILES string of the molecule is COc1cccc(N2C(=O)S/C(=C\c3ccccc3OCc3ccc(Cl)cc3)C2=O)c1. The van der Waals surface area contributed by atoms with Crippen LogP contribution in [0.25, 0.3) is 6.08 Å². The number of thioether (sulfide) groups is 1. The van der Waals surface area contributed by atoms with Crippen LogP contribution in [-0.2, 0) is 11.4 Å². The smallest absolute Gasteiger partial charge is 0.298 e. The molecule has 5 nitrogen and oxygen atoms in total. The molecule has 0 spiro atoms. The fourth-order valence-corrected chi connectivity index (χ4v) is 4.01. The fraction of sp³-hybridized carbons (Fsp3) is 0.0833. The number of amides is 2. The highest BCUT2D eigenvalue weighted by molar-refractivity contribution is 8.19. The molecule has 1 aliphatic rings. The monoisotopic (exact) mass is 451 g/mol. The molecule has 1 aliphatic heterocycles. The first kappa shape index (κ1) is 21.0. The molecule has 4 rings (SSSR count). The van der Waals surface area contributed by atoms with Crippen molar-refractivity contribution in [2.45, 2.75) is 6.61 Å². The Labute approximate surface area is 189 Å². The summed E-state index contributed by atoms with van der Waals surface area (Å²) in [5.41, 5.74) is 2.16. The van der Waals surface area contributed by atoms with Crippen LogP contribution in [0.2, 0.25) is 5.02 Å². The van der Waals surface area contributed by atoms with Gasteiger partial charge in [0.1, 0.15) is 18.1 Å². The quantitative estimate of drug-likeness (QED) is 0.419. The Morgan fingerprint density at radius 1 is 1.00 bits per heavy atom. The first-order valence-electron chi connectivity index (χ1n) is 9.43. The van der Waals surface area contributed by atoms with Gasteiger partial charge in [-0.1, -0.05) is 48.0 Å². The van der Waals surface area contributed by atoms with Crippen LogP contribution in [0, 0.1) is 0 Å². The summed E-state index contributed by atoms with van der Waals surface area (Å²) >= 11 is 6.82. The predicted molar refractivity (Wildman–Crippen MR) is 124 cm³/mol. The summed E-state index contributed by atoms with van der Waals surface area (Å²) in [6.07, 6.45) is 1.68. The highest BCUT2D eigenvalue weighted by Crippen LogP contribution is 2.37. The van der Waals surface area contributed by atoms with Crippen molar-refractivity contribution in [3.8, 4) is 11.5 Å². The van der Waals surface area contributed by atoms with Gasteiger partial charge in [0.2, 0.25) is 0 Å². The van der Waals surface area contributed by atoms with Crippen molar-refractivity contribution in [2.75, 3.05) is 12.0 Å². The molecule has 0 atom stereocenters. The summed E-state index contributed by atoms with van der Waals surface area (Å²) in [5, 5.41) is 0.306. The molecule has 156 valence electrons. The number of hydrogen-bond donors (Lipinski definition) is 0. The Hall–Kier alpha value is -3.22. The van der Waals surface area contributed by atoms with Gasteiger partial charge >= 0.3 is 0 Å². The van der Waals surface area contributed by atoms with E-state index in [0.29, 0.717) is 39.3 Å². The molecule has 0 unspecified atom stereocenters. The Balaban J connectivity index is 1.56. The molecule has 0 N–H and O–H groups in total. The van der Waals surface area contributed by atoms with E-state index in [0.717, 1.165) is 22.2 Å². The van der Waals surface area contributed by atoms with Gasteiger partial charge in [-0.05, 0) is 53.7 Å². The zero-order valence-corrected chi connectivity index (χ0v) is 18.2. The van der Waals surface area contributed by atoms with Crippen LogP contribution >= 0.6 is 23.4 Å². The highest BCUT2D eigenvalue weighted by atomic mass is 35.5. The van der Waals surface area contributed by atoms with Crippen LogP contribution in [0.1, 0.15) is 11.1 Å². The molecule has 0 saturated carbocycles. The van der Waals surface area contributed by atoms with Crippen molar-refractivity contribution >= 4 is 46.3 Å². The lowest BCUT2D eigenvalue weighted by atomic mass is 10.1. The number of para-hydroxylation sites is 1. The van der Waals surface area contributed by atoms with Crippen LogP contribution in [0.3, 0.4) is 0 Å². The number of imide groups is 1. The number of rotatable bonds is 6. The third kappa shape index (κ3) is 4.76. The summed E-state index contributed by atoms with van der Waals surface area (Å²) in [4.78, 5) is 27.0. The van der Waals surface area contributed by atoms with Crippen LogP contribution < -0.4 is 14.4 Å². The average Bonchev–Trinajstić information content (AvgIpc) is 3.07. The van der Waals surface area contributed by atoms with Gasteiger partial charge in [-0.3, -0.25) is 9.59 Å². The molecule has 0 bridgehead atoms. The summed E-state index contributed by atoms with van der Waals surface area (Å²) in [6, 6.07) is 21.6. The lowest BCUT2D eigenvalue weighted by Gasteiger charge is -2.13. The van der Waals surface area contributed by atoms with Gasteiger partial charge in [-0.15, -0.1) is 0 Å². The van der Waals surface area contributed by atoms with Crippen molar-refractivity contribution < 1.29 is 19.1 Å². The van der Waals surface area contributed by atoms with E-state index in [1.54, 1.807) is 42.5 Å². The maximum absolute atomic E-state index is 13.0. The van der Waals surface area contributed by atoms with Crippen molar-refractivity contribution in [3.05, 3.63) is 93.9 Å². The van der Waals surface area contributed by atoms with Gasteiger partial charge in [0.05, 0.1) is 17.7 Å². The van der Waals surface area contributed by atoms with Gasteiger partial charge in [-0.2, -0.15) is 0 Å². The zero-order chi connectivity index (χ0) is 21.8. The molecule has 2 amide bonds. The third-order valence-corrected chi connectivity index (χ3v) is 5.74. The van der Waals surface area contributed by atoms with Gasteiger partial charge in [0.25, 0.3) is 11.1 Å². The topological polar surface area (TPSA) is 55.8 Å². The van der Waals surface area contributed by atoms with Crippen molar-refractivity contribution in [1.29, 1.82) is 0 Å². The number of benzene rings is 3. The molecule has 31 heavy (non-hydrogen) atoms. The summed E-state index contributed by atoms with van der Waals surface area (Å²) in [7, 11) is 1.54. The molecule has 0 radical (unpaired) electrons. The molecule has 3 aromatic rings. The second-order valence-corrected chi connectivity index (χ2v) is 8.10. The van der Waals surface area contributed by atoms with E-state index in [-0.39, 0.29) is 11.1 Å². The third-order valence-electron chi connectivity index (χ3n) is 4.62. The largest absolute Gasteiger partial charge is 0.497 e. The number of nitrogens with zero attached hydrogens (tertiary/aromatic N) is 1. The van der Waals surface area contributed by atoms with Crippen LogP contribution in [0.5, 0.6) is 11.5 Å². The summed E-state index contributed by atoms with van der Waals surface area (Å²) in [5.74, 6) is 0.808. The Bertz CT molecular complexity index is 1160. The summed E-state index contributed by atoms with van der Waals surface area (Å²) < 4.78 is 11.2.